The summed E-state index contributed by atoms with van der Waals surface area (Å²) in [5, 5.41) is 0. The molecule has 0 amide bonds. The number of hydrogen-bond donors (Lipinski definition) is 1. The Labute approximate surface area is 114 Å². The van der Waals surface area contributed by atoms with Gasteiger partial charge in [-0.1, -0.05) is 36.4 Å². The largest absolute Gasteiger partial charge is 0.384 e. The molecule has 2 aromatic rings. The molecule has 0 radical (unpaired) electrons. The first kappa shape index (κ1) is 12.2. The number of nitrogens with two attached hydrogens (primary N) is 1. The van der Waals surface area contributed by atoms with Gasteiger partial charge in [0.05, 0.1) is 0 Å². The molecule has 0 bridgehead atoms. The second-order valence-corrected chi connectivity index (χ2v) is 5.13. The summed E-state index contributed by atoms with van der Waals surface area (Å²) in [4.78, 5) is 6.75. The van der Waals surface area contributed by atoms with Crippen LogP contribution < -0.4 is 5.73 Å². The van der Waals surface area contributed by atoms with Crippen LogP contribution in [0.3, 0.4) is 0 Å². The molecule has 1 saturated heterocycles. The summed E-state index contributed by atoms with van der Waals surface area (Å²) in [6, 6.07) is 15.1. The summed E-state index contributed by atoms with van der Waals surface area (Å²) in [6.45, 7) is 2.17. The zero-order valence-corrected chi connectivity index (χ0v) is 11.0. The van der Waals surface area contributed by atoms with Gasteiger partial charge >= 0.3 is 0 Å². The normalized spacial score (nSPS) is 19.7. The van der Waals surface area contributed by atoms with Crippen molar-refractivity contribution in [2.24, 2.45) is 0 Å². The predicted octanol–water partition coefficient (Wildman–Crippen LogP) is 3.00. The Morgan fingerprint density at radius 1 is 1.16 bits per heavy atom. The molecular formula is C16H19N3. The van der Waals surface area contributed by atoms with Crippen LogP contribution in [0.15, 0.2) is 48.7 Å². The maximum absolute atomic E-state index is 5.66. The predicted molar refractivity (Wildman–Crippen MR) is 77.5 cm³/mol. The second-order valence-electron chi connectivity index (χ2n) is 5.13. The molecule has 1 aliphatic rings. The van der Waals surface area contributed by atoms with Crippen LogP contribution in [-0.4, -0.2) is 16.4 Å². The van der Waals surface area contributed by atoms with Crippen LogP contribution in [-0.2, 0) is 6.54 Å². The number of hydrogen-bond acceptors (Lipinski definition) is 3. The summed E-state index contributed by atoms with van der Waals surface area (Å²) in [5.41, 5.74) is 8.31. The van der Waals surface area contributed by atoms with E-state index in [0.717, 1.165) is 13.1 Å². The molecule has 19 heavy (non-hydrogen) atoms. The van der Waals surface area contributed by atoms with Gasteiger partial charge in [0.1, 0.15) is 5.82 Å². The topological polar surface area (TPSA) is 42.1 Å². The Bertz CT molecular complexity index is 521. The van der Waals surface area contributed by atoms with Gasteiger partial charge in [-0.2, -0.15) is 0 Å². The molecule has 3 heteroatoms. The van der Waals surface area contributed by atoms with Crippen LogP contribution in [0.5, 0.6) is 0 Å². The smallest absolute Gasteiger partial charge is 0.123 e. The van der Waals surface area contributed by atoms with Gasteiger partial charge in [-0.05, 0) is 36.6 Å². The number of nitrogen functional groups attached to an aromatic ring is 1. The molecule has 1 atom stereocenters. The van der Waals surface area contributed by atoms with Gasteiger partial charge in [-0.15, -0.1) is 0 Å². The van der Waals surface area contributed by atoms with E-state index in [2.05, 4.69) is 46.3 Å². The number of anilines is 1. The van der Waals surface area contributed by atoms with Crippen molar-refractivity contribution in [1.82, 2.24) is 9.88 Å². The number of pyridine rings is 1. The minimum atomic E-state index is 0.480. The van der Waals surface area contributed by atoms with Crippen molar-refractivity contribution >= 4 is 5.82 Å². The lowest BCUT2D eigenvalue weighted by molar-refractivity contribution is 0.248. The SMILES string of the molecule is Nc1ccc(C2CCCN2Cc2ccccc2)cn1. The van der Waals surface area contributed by atoms with E-state index >= 15 is 0 Å². The third-order valence-corrected chi connectivity index (χ3v) is 3.79. The van der Waals surface area contributed by atoms with E-state index in [9.17, 15) is 0 Å². The highest BCUT2D eigenvalue weighted by Gasteiger charge is 2.25. The van der Waals surface area contributed by atoms with E-state index in [4.69, 9.17) is 5.73 Å². The molecule has 2 N–H and O–H groups in total. The van der Waals surface area contributed by atoms with Gasteiger partial charge in [0.25, 0.3) is 0 Å². The molecule has 1 aromatic carbocycles. The first-order valence-electron chi connectivity index (χ1n) is 6.82. The van der Waals surface area contributed by atoms with Crippen molar-refractivity contribution in [2.45, 2.75) is 25.4 Å². The fraction of sp³-hybridized carbons (Fsp3) is 0.312. The average molecular weight is 253 g/mol. The number of rotatable bonds is 3. The van der Waals surface area contributed by atoms with E-state index in [1.54, 1.807) is 0 Å². The summed E-state index contributed by atoms with van der Waals surface area (Å²) in [6.07, 6.45) is 4.38. The van der Waals surface area contributed by atoms with Crippen molar-refractivity contribution in [3.8, 4) is 0 Å². The molecule has 3 nitrogen and oxygen atoms in total. The van der Waals surface area contributed by atoms with Crippen molar-refractivity contribution < 1.29 is 0 Å². The standard InChI is InChI=1S/C16H19N3/c17-16-9-8-14(11-18-16)15-7-4-10-19(15)12-13-5-2-1-3-6-13/h1-3,5-6,8-9,11,15H,4,7,10,12H2,(H2,17,18). The number of benzene rings is 1. The van der Waals surface area contributed by atoms with Crippen molar-refractivity contribution in [3.63, 3.8) is 0 Å². The number of nitrogens with zero attached hydrogens (tertiary/aromatic N) is 2. The zero-order chi connectivity index (χ0) is 13.1. The van der Waals surface area contributed by atoms with Crippen molar-refractivity contribution in [3.05, 3.63) is 59.8 Å². The highest BCUT2D eigenvalue weighted by atomic mass is 15.2. The molecular weight excluding hydrogens is 234 g/mol. The van der Waals surface area contributed by atoms with Crippen LogP contribution in [0.4, 0.5) is 5.82 Å². The van der Waals surface area contributed by atoms with E-state index in [1.165, 1.54) is 24.0 Å². The van der Waals surface area contributed by atoms with Crippen LogP contribution >= 0.6 is 0 Å². The van der Waals surface area contributed by atoms with Crippen LogP contribution in [0.25, 0.3) is 0 Å². The molecule has 1 aromatic heterocycles. The Morgan fingerprint density at radius 2 is 2.00 bits per heavy atom. The lowest BCUT2D eigenvalue weighted by Gasteiger charge is -2.24. The number of aromatic nitrogens is 1. The minimum Gasteiger partial charge on any atom is -0.384 e. The first-order chi connectivity index (χ1) is 9.33. The monoisotopic (exact) mass is 253 g/mol. The van der Waals surface area contributed by atoms with E-state index in [-0.39, 0.29) is 0 Å². The van der Waals surface area contributed by atoms with Crippen LogP contribution in [0.2, 0.25) is 0 Å². The molecule has 3 rings (SSSR count). The van der Waals surface area contributed by atoms with Crippen LogP contribution in [0.1, 0.15) is 30.0 Å². The molecule has 0 aliphatic carbocycles. The Hall–Kier alpha value is -1.87. The molecule has 0 spiro atoms. The maximum Gasteiger partial charge on any atom is 0.123 e. The third kappa shape index (κ3) is 2.76. The fourth-order valence-corrected chi connectivity index (χ4v) is 2.82. The summed E-state index contributed by atoms with van der Waals surface area (Å²) < 4.78 is 0. The van der Waals surface area contributed by atoms with Gasteiger partial charge in [0.15, 0.2) is 0 Å². The van der Waals surface area contributed by atoms with Gasteiger partial charge in [-0.25, -0.2) is 4.98 Å². The molecule has 1 unspecified atom stereocenters. The Kier molecular flexibility index (Phi) is 3.47. The maximum atomic E-state index is 5.66. The highest BCUT2D eigenvalue weighted by Crippen LogP contribution is 2.32. The summed E-state index contributed by atoms with van der Waals surface area (Å²) in [7, 11) is 0. The van der Waals surface area contributed by atoms with Gasteiger partial charge < -0.3 is 5.73 Å². The Balaban J connectivity index is 1.76. The molecule has 1 fully saturated rings. The van der Waals surface area contributed by atoms with E-state index < -0.39 is 0 Å². The third-order valence-electron chi connectivity index (χ3n) is 3.79. The summed E-state index contributed by atoms with van der Waals surface area (Å²) in [5.74, 6) is 0.594. The minimum absolute atomic E-state index is 0.480. The highest BCUT2D eigenvalue weighted by molar-refractivity contribution is 5.31. The summed E-state index contributed by atoms with van der Waals surface area (Å²) >= 11 is 0. The lowest BCUT2D eigenvalue weighted by atomic mass is 10.1. The molecule has 98 valence electrons. The molecule has 0 saturated carbocycles. The van der Waals surface area contributed by atoms with Gasteiger partial charge in [0, 0.05) is 18.8 Å². The van der Waals surface area contributed by atoms with E-state index in [1.807, 2.05) is 12.3 Å². The molecule has 2 heterocycles. The van der Waals surface area contributed by atoms with Gasteiger partial charge in [0.2, 0.25) is 0 Å². The fourth-order valence-electron chi connectivity index (χ4n) is 2.82. The number of likely N-dealkylation sites (tertiary alicyclic amines) is 1. The zero-order valence-electron chi connectivity index (χ0n) is 11.0. The second kappa shape index (κ2) is 5.41. The van der Waals surface area contributed by atoms with Crippen LogP contribution in [0, 0.1) is 0 Å². The lowest BCUT2D eigenvalue weighted by Crippen LogP contribution is -2.22. The van der Waals surface area contributed by atoms with E-state index in [0.29, 0.717) is 11.9 Å². The molecule has 1 aliphatic heterocycles. The first-order valence-corrected chi connectivity index (χ1v) is 6.82. The quantitative estimate of drug-likeness (QED) is 0.914. The Morgan fingerprint density at radius 3 is 2.74 bits per heavy atom. The van der Waals surface area contributed by atoms with Gasteiger partial charge in [-0.3, -0.25) is 4.90 Å². The van der Waals surface area contributed by atoms with Crippen molar-refractivity contribution in [1.29, 1.82) is 0 Å². The average Bonchev–Trinajstić information content (AvgIpc) is 2.89. The van der Waals surface area contributed by atoms with Crippen molar-refractivity contribution in [2.75, 3.05) is 12.3 Å².